The lowest BCUT2D eigenvalue weighted by Gasteiger charge is -2.16. The first-order valence-electron chi connectivity index (χ1n) is 9.25. The highest BCUT2D eigenvalue weighted by Gasteiger charge is 2.23. The van der Waals surface area contributed by atoms with E-state index >= 15 is 0 Å². The zero-order valence-corrected chi connectivity index (χ0v) is 16.0. The maximum atomic E-state index is 13.3. The van der Waals surface area contributed by atoms with Crippen LogP contribution in [0.4, 0.5) is 0 Å². The van der Waals surface area contributed by atoms with E-state index in [1.807, 2.05) is 0 Å². The molecule has 0 aliphatic rings. The molecule has 0 bridgehead atoms. The van der Waals surface area contributed by atoms with Crippen LogP contribution >= 0.6 is 0 Å². The lowest BCUT2D eigenvalue weighted by molar-refractivity contribution is 0.200. The van der Waals surface area contributed by atoms with Crippen LogP contribution in [-0.2, 0) is 12.8 Å². The Morgan fingerprint density at radius 1 is 0.833 bits per heavy atom. The third-order valence-corrected chi connectivity index (χ3v) is 4.61. The zero-order valence-electron chi connectivity index (χ0n) is 16.0. The Morgan fingerprint density at radius 3 is 2.17 bits per heavy atom. The van der Waals surface area contributed by atoms with Crippen LogP contribution in [0.15, 0.2) is 33.5 Å². The lowest BCUT2D eigenvalue weighted by atomic mass is 9.99. The first-order valence-corrected chi connectivity index (χ1v) is 9.25. The summed E-state index contributed by atoms with van der Waals surface area (Å²) in [5, 5.41) is 57.7. The summed E-state index contributed by atoms with van der Waals surface area (Å²) in [6.07, 6.45) is -0.0597. The molecule has 2 aromatic carbocycles. The minimum atomic E-state index is -0.528. The second-order valence-corrected chi connectivity index (χ2v) is 6.54. The molecule has 0 aliphatic carbocycles. The van der Waals surface area contributed by atoms with E-state index in [-0.39, 0.29) is 89.9 Å². The Labute approximate surface area is 170 Å². The van der Waals surface area contributed by atoms with Gasteiger partial charge in [-0.25, -0.2) is 0 Å². The SMILES string of the molecule is O=c1c(CCO)c(-c2ccc(O)c(O)c2)oc2cc(O)c(CCO)c(OCCO)c12. The maximum Gasteiger partial charge on any atom is 0.200 e. The molecule has 9 nitrogen and oxygen atoms in total. The van der Waals surface area contributed by atoms with Gasteiger partial charge in [-0.2, -0.15) is 0 Å². The van der Waals surface area contributed by atoms with Crippen LogP contribution in [0.5, 0.6) is 23.0 Å². The summed E-state index contributed by atoms with van der Waals surface area (Å²) < 4.78 is 11.4. The number of rotatable bonds is 8. The van der Waals surface area contributed by atoms with E-state index in [1.165, 1.54) is 24.3 Å². The van der Waals surface area contributed by atoms with Crippen molar-refractivity contribution in [1.82, 2.24) is 0 Å². The number of aliphatic hydroxyl groups is 3. The number of phenols is 3. The van der Waals surface area contributed by atoms with Gasteiger partial charge in [-0.1, -0.05) is 0 Å². The van der Waals surface area contributed by atoms with Gasteiger partial charge in [-0.3, -0.25) is 4.79 Å². The van der Waals surface area contributed by atoms with Crippen molar-refractivity contribution in [3.63, 3.8) is 0 Å². The van der Waals surface area contributed by atoms with E-state index in [2.05, 4.69) is 0 Å². The van der Waals surface area contributed by atoms with Gasteiger partial charge in [-0.15, -0.1) is 0 Å². The summed E-state index contributed by atoms with van der Waals surface area (Å²) in [4.78, 5) is 13.3. The summed E-state index contributed by atoms with van der Waals surface area (Å²) in [5.74, 6) is -0.989. The third-order valence-electron chi connectivity index (χ3n) is 4.61. The molecule has 160 valence electrons. The largest absolute Gasteiger partial charge is 0.507 e. The molecule has 0 unspecified atom stereocenters. The minimum Gasteiger partial charge on any atom is -0.507 e. The van der Waals surface area contributed by atoms with E-state index in [1.54, 1.807) is 0 Å². The molecule has 0 fully saturated rings. The molecule has 0 saturated carbocycles. The van der Waals surface area contributed by atoms with Crippen molar-refractivity contribution >= 4 is 11.0 Å². The summed E-state index contributed by atoms with van der Waals surface area (Å²) >= 11 is 0. The second-order valence-electron chi connectivity index (χ2n) is 6.54. The highest BCUT2D eigenvalue weighted by molar-refractivity contribution is 5.89. The quantitative estimate of drug-likeness (QED) is 0.293. The van der Waals surface area contributed by atoms with Crippen molar-refractivity contribution in [1.29, 1.82) is 0 Å². The molecule has 0 amide bonds. The van der Waals surface area contributed by atoms with Gasteiger partial charge in [-0.05, 0) is 18.2 Å². The number of ether oxygens (including phenoxy) is 1. The molecule has 9 heteroatoms. The number of fused-ring (bicyclic) bond motifs is 1. The average molecular weight is 418 g/mol. The molecule has 30 heavy (non-hydrogen) atoms. The van der Waals surface area contributed by atoms with Crippen LogP contribution in [-0.4, -0.2) is 57.1 Å². The highest BCUT2D eigenvalue weighted by Crippen LogP contribution is 2.39. The molecular weight excluding hydrogens is 396 g/mol. The highest BCUT2D eigenvalue weighted by atomic mass is 16.5. The fourth-order valence-corrected chi connectivity index (χ4v) is 3.28. The third kappa shape index (κ3) is 3.90. The van der Waals surface area contributed by atoms with Crippen molar-refractivity contribution in [3.8, 4) is 34.3 Å². The Kier molecular flexibility index (Phi) is 6.46. The van der Waals surface area contributed by atoms with Crippen molar-refractivity contribution in [2.24, 2.45) is 0 Å². The first-order chi connectivity index (χ1) is 14.4. The van der Waals surface area contributed by atoms with E-state index in [9.17, 15) is 30.3 Å². The topological polar surface area (TPSA) is 161 Å². The standard InChI is InChI=1S/C21H22O9/c22-5-3-12-15(26)10-17-18(21(12)29-8-7-24)19(28)13(4-6-23)20(30-17)11-1-2-14(25)16(27)9-11/h1-2,9-10,22-27H,3-8H2. The molecule has 1 aromatic heterocycles. The average Bonchev–Trinajstić information content (AvgIpc) is 2.72. The Bertz CT molecular complexity index is 1120. The number of aromatic hydroxyl groups is 3. The summed E-state index contributed by atoms with van der Waals surface area (Å²) in [7, 11) is 0. The van der Waals surface area contributed by atoms with Crippen molar-refractivity contribution in [3.05, 3.63) is 45.6 Å². The van der Waals surface area contributed by atoms with Gasteiger partial charge in [0.05, 0.1) is 6.61 Å². The van der Waals surface area contributed by atoms with Crippen molar-refractivity contribution in [2.45, 2.75) is 12.8 Å². The van der Waals surface area contributed by atoms with Gasteiger partial charge in [0.2, 0.25) is 0 Å². The zero-order chi connectivity index (χ0) is 21.8. The summed E-state index contributed by atoms with van der Waals surface area (Å²) in [5.41, 5.74) is 0.0289. The molecule has 0 spiro atoms. The fraction of sp³-hybridized carbons (Fsp3) is 0.286. The van der Waals surface area contributed by atoms with Crippen LogP contribution in [0.1, 0.15) is 11.1 Å². The van der Waals surface area contributed by atoms with Gasteiger partial charge >= 0.3 is 0 Å². The predicted octanol–water partition coefficient (Wildman–Crippen LogP) is 1.02. The van der Waals surface area contributed by atoms with E-state index < -0.39 is 11.2 Å². The monoisotopic (exact) mass is 418 g/mol. The molecule has 0 saturated heterocycles. The van der Waals surface area contributed by atoms with Gasteiger partial charge in [0.25, 0.3) is 0 Å². The summed E-state index contributed by atoms with van der Waals surface area (Å²) in [6, 6.07) is 5.10. The Balaban J connectivity index is 2.38. The number of hydrogen-bond acceptors (Lipinski definition) is 9. The van der Waals surface area contributed by atoms with Gasteiger partial charge in [0.1, 0.15) is 34.8 Å². The van der Waals surface area contributed by atoms with Crippen molar-refractivity contribution < 1.29 is 39.8 Å². The number of phenolic OH excluding ortho intramolecular Hbond substituents is 3. The van der Waals surface area contributed by atoms with Gasteiger partial charge in [0, 0.05) is 48.8 Å². The van der Waals surface area contributed by atoms with E-state index in [0.29, 0.717) is 0 Å². The van der Waals surface area contributed by atoms with Crippen LogP contribution < -0.4 is 10.2 Å². The predicted molar refractivity (Wildman–Crippen MR) is 107 cm³/mol. The lowest BCUT2D eigenvalue weighted by Crippen LogP contribution is -2.16. The molecule has 1 heterocycles. The first kappa shape index (κ1) is 21.4. The molecule has 3 aromatic rings. The molecule has 0 atom stereocenters. The Morgan fingerprint density at radius 2 is 1.53 bits per heavy atom. The number of hydrogen-bond donors (Lipinski definition) is 6. The smallest absolute Gasteiger partial charge is 0.200 e. The van der Waals surface area contributed by atoms with Crippen LogP contribution in [0.25, 0.3) is 22.3 Å². The molecule has 6 N–H and O–H groups in total. The van der Waals surface area contributed by atoms with Crippen LogP contribution in [0.2, 0.25) is 0 Å². The maximum absolute atomic E-state index is 13.3. The molecule has 3 rings (SSSR count). The normalized spacial score (nSPS) is 11.2. The fourth-order valence-electron chi connectivity index (χ4n) is 3.28. The number of aliphatic hydroxyl groups excluding tert-OH is 3. The van der Waals surface area contributed by atoms with E-state index in [0.717, 1.165) is 0 Å². The molecular formula is C21H22O9. The van der Waals surface area contributed by atoms with Gasteiger partial charge in [0.15, 0.2) is 16.9 Å². The van der Waals surface area contributed by atoms with Crippen molar-refractivity contribution in [2.75, 3.05) is 26.4 Å². The van der Waals surface area contributed by atoms with Crippen LogP contribution in [0.3, 0.4) is 0 Å². The Hall–Kier alpha value is -3.27. The van der Waals surface area contributed by atoms with Gasteiger partial charge < -0.3 is 39.8 Å². The minimum absolute atomic E-state index is 0.0000923. The summed E-state index contributed by atoms with van der Waals surface area (Å²) in [6.45, 7) is -1.16. The van der Waals surface area contributed by atoms with E-state index in [4.69, 9.17) is 14.3 Å². The second kappa shape index (κ2) is 9.04. The molecule has 0 radical (unpaired) electrons. The molecule has 0 aliphatic heterocycles. The van der Waals surface area contributed by atoms with Crippen LogP contribution in [0, 0.1) is 0 Å². The number of benzene rings is 2.